The van der Waals surface area contributed by atoms with Gasteiger partial charge in [0.2, 0.25) is 5.91 Å². The van der Waals surface area contributed by atoms with E-state index in [-0.39, 0.29) is 5.91 Å². The van der Waals surface area contributed by atoms with E-state index in [4.69, 9.17) is 11.5 Å². The van der Waals surface area contributed by atoms with Crippen LogP contribution in [0.5, 0.6) is 0 Å². The third-order valence-electron chi connectivity index (χ3n) is 4.60. The maximum Gasteiger partial charge on any atom is 0.245 e. The summed E-state index contributed by atoms with van der Waals surface area (Å²) in [5.74, 6) is 0.591. The van der Waals surface area contributed by atoms with Gasteiger partial charge < -0.3 is 16.8 Å². The average Bonchev–Trinajstić information content (AvgIpc) is 3.07. The fraction of sp³-hybridized carbons (Fsp3) is 0.111. The number of anilines is 3. The van der Waals surface area contributed by atoms with Crippen LogP contribution in [-0.4, -0.2) is 15.7 Å². The van der Waals surface area contributed by atoms with Crippen LogP contribution >= 0.6 is 0 Å². The van der Waals surface area contributed by atoms with Crippen LogP contribution in [0, 0.1) is 0 Å². The van der Waals surface area contributed by atoms with Gasteiger partial charge in [-0.05, 0) is 35.4 Å². The maximum atomic E-state index is 13.1. The smallest absolute Gasteiger partial charge is 0.245 e. The number of hydrogen-bond donors (Lipinski definition) is 3. The Morgan fingerprint density at radius 3 is 1.96 bits per heavy atom. The molecule has 1 aliphatic heterocycles. The Morgan fingerprint density at radius 1 is 0.958 bits per heavy atom. The van der Waals surface area contributed by atoms with E-state index in [1.807, 2.05) is 24.3 Å². The van der Waals surface area contributed by atoms with Crippen molar-refractivity contribution in [2.45, 2.75) is 5.41 Å². The molecule has 5 N–H and O–H groups in total. The first-order valence-electron chi connectivity index (χ1n) is 7.59. The van der Waals surface area contributed by atoms with Crippen LogP contribution in [0.1, 0.15) is 16.7 Å². The molecule has 3 aromatic rings. The van der Waals surface area contributed by atoms with Crippen LogP contribution in [0.25, 0.3) is 0 Å². The molecule has 0 saturated heterocycles. The fourth-order valence-corrected chi connectivity index (χ4v) is 3.39. The second-order valence-corrected chi connectivity index (χ2v) is 5.98. The maximum absolute atomic E-state index is 13.1. The molecule has 1 amide bonds. The lowest BCUT2D eigenvalue weighted by Gasteiger charge is -2.28. The predicted octanol–water partition coefficient (Wildman–Crippen LogP) is 1.87. The lowest BCUT2D eigenvalue weighted by molar-refractivity contribution is -0.118. The molecule has 24 heavy (non-hydrogen) atoms. The lowest BCUT2D eigenvalue weighted by atomic mass is 9.71. The molecular weight excluding hydrogens is 302 g/mol. The largest absolute Gasteiger partial charge is 0.399 e. The van der Waals surface area contributed by atoms with Crippen molar-refractivity contribution >= 4 is 23.1 Å². The van der Waals surface area contributed by atoms with E-state index in [0.717, 1.165) is 16.7 Å². The standard InChI is InChI=1S/C18H17N5O/c1-23-16-15(10-21-23)18(17(24)22-16,11-2-6-13(19)7-3-11)12-4-8-14(20)9-5-12/h2-10H,19-20H2,1H3,(H,22,24). The highest BCUT2D eigenvalue weighted by molar-refractivity contribution is 6.10. The number of carbonyl (C=O) groups excluding carboxylic acids is 1. The zero-order chi connectivity index (χ0) is 16.9. The van der Waals surface area contributed by atoms with Gasteiger partial charge in [-0.25, -0.2) is 0 Å². The van der Waals surface area contributed by atoms with Crippen molar-refractivity contribution in [1.82, 2.24) is 9.78 Å². The van der Waals surface area contributed by atoms with E-state index in [9.17, 15) is 4.79 Å². The Morgan fingerprint density at radius 2 is 1.46 bits per heavy atom. The molecule has 1 aromatic heterocycles. The van der Waals surface area contributed by atoms with Gasteiger partial charge in [0.25, 0.3) is 0 Å². The van der Waals surface area contributed by atoms with Crippen LogP contribution in [-0.2, 0) is 17.3 Å². The minimum absolute atomic E-state index is 0.111. The van der Waals surface area contributed by atoms with E-state index in [1.165, 1.54) is 0 Å². The molecular formula is C18H17N5O. The summed E-state index contributed by atoms with van der Waals surface area (Å²) in [6, 6.07) is 14.7. The van der Waals surface area contributed by atoms with Crippen LogP contribution < -0.4 is 16.8 Å². The number of fused-ring (bicyclic) bond motifs is 1. The highest BCUT2D eigenvalue weighted by Crippen LogP contribution is 2.47. The van der Waals surface area contributed by atoms with E-state index >= 15 is 0 Å². The number of benzene rings is 2. The van der Waals surface area contributed by atoms with Gasteiger partial charge in [-0.1, -0.05) is 24.3 Å². The molecule has 0 radical (unpaired) electrons. The molecule has 2 heterocycles. The zero-order valence-electron chi connectivity index (χ0n) is 13.2. The Kier molecular flexibility index (Phi) is 2.90. The van der Waals surface area contributed by atoms with Crippen molar-refractivity contribution in [3.05, 3.63) is 71.4 Å². The molecule has 0 fully saturated rings. The first-order valence-corrected chi connectivity index (χ1v) is 7.59. The molecule has 6 heteroatoms. The fourth-order valence-electron chi connectivity index (χ4n) is 3.39. The van der Waals surface area contributed by atoms with Crippen molar-refractivity contribution < 1.29 is 4.79 Å². The second kappa shape index (κ2) is 4.86. The van der Waals surface area contributed by atoms with Gasteiger partial charge in [0.15, 0.2) is 0 Å². The molecule has 2 aromatic carbocycles. The van der Waals surface area contributed by atoms with Crippen molar-refractivity contribution in [1.29, 1.82) is 0 Å². The Bertz CT molecular complexity index is 880. The van der Waals surface area contributed by atoms with Gasteiger partial charge in [-0.2, -0.15) is 5.10 Å². The molecule has 0 saturated carbocycles. The number of rotatable bonds is 2. The summed E-state index contributed by atoms with van der Waals surface area (Å²) in [5, 5.41) is 7.27. The molecule has 120 valence electrons. The van der Waals surface area contributed by atoms with Gasteiger partial charge in [-0.3, -0.25) is 9.48 Å². The van der Waals surface area contributed by atoms with Gasteiger partial charge in [0.1, 0.15) is 11.2 Å². The number of nitrogens with zero attached hydrogens (tertiary/aromatic N) is 2. The molecule has 4 rings (SSSR count). The van der Waals surface area contributed by atoms with Gasteiger partial charge in [0, 0.05) is 24.0 Å². The van der Waals surface area contributed by atoms with Crippen molar-refractivity contribution in [3.63, 3.8) is 0 Å². The number of nitrogen functional groups attached to an aromatic ring is 2. The van der Waals surface area contributed by atoms with E-state index in [0.29, 0.717) is 17.2 Å². The monoisotopic (exact) mass is 319 g/mol. The molecule has 1 aliphatic rings. The summed E-state index contributed by atoms with van der Waals surface area (Å²) in [4.78, 5) is 13.1. The minimum Gasteiger partial charge on any atom is -0.399 e. The van der Waals surface area contributed by atoms with E-state index in [1.54, 1.807) is 42.2 Å². The third-order valence-corrected chi connectivity index (χ3v) is 4.60. The van der Waals surface area contributed by atoms with Crippen LogP contribution in [0.15, 0.2) is 54.7 Å². The van der Waals surface area contributed by atoms with Gasteiger partial charge >= 0.3 is 0 Å². The van der Waals surface area contributed by atoms with Crippen molar-refractivity contribution in [2.24, 2.45) is 7.05 Å². The molecule has 0 unspecified atom stereocenters. The summed E-state index contributed by atoms with van der Waals surface area (Å²) < 4.78 is 1.67. The average molecular weight is 319 g/mol. The van der Waals surface area contributed by atoms with Crippen molar-refractivity contribution in [3.8, 4) is 0 Å². The topological polar surface area (TPSA) is 99.0 Å². The quantitative estimate of drug-likeness (QED) is 0.628. The number of amides is 1. The van der Waals surface area contributed by atoms with E-state index in [2.05, 4.69) is 10.4 Å². The summed E-state index contributed by atoms with van der Waals surface area (Å²) in [6.07, 6.45) is 1.74. The van der Waals surface area contributed by atoms with Gasteiger partial charge in [0.05, 0.1) is 6.20 Å². The van der Waals surface area contributed by atoms with Crippen LogP contribution in [0.3, 0.4) is 0 Å². The molecule has 0 atom stereocenters. The summed E-state index contributed by atoms with van der Waals surface area (Å²) in [5.41, 5.74) is 14.5. The molecule has 0 aliphatic carbocycles. The zero-order valence-corrected chi connectivity index (χ0v) is 13.2. The summed E-state index contributed by atoms with van der Waals surface area (Å²) >= 11 is 0. The lowest BCUT2D eigenvalue weighted by Crippen LogP contribution is -2.37. The number of hydrogen-bond acceptors (Lipinski definition) is 4. The van der Waals surface area contributed by atoms with Crippen LogP contribution in [0.4, 0.5) is 17.2 Å². The Balaban J connectivity index is 2.05. The second-order valence-electron chi connectivity index (χ2n) is 5.98. The minimum atomic E-state index is -0.967. The van der Waals surface area contributed by atoms with E-state index < -0.39 is 5.41 Å². The predicted molar refractivity (Wildman–Crippen MR) is 93.4 cm³/mol. The molecule has 0 bridgehead atoms. The number of nitrogens with one attached hydrogen (secondary N) is 1. The first-order chi connectivity index (χ1) is 11.5. The highest BCUT2D eigenvalue weighted by atomic mass is 16.2. The van der Waals surface area contributed by atoms with Gasteiger partial charge in [-0.15, -0.1) is 0 Å². The molecule has 6 nitrogen and oxygen atoms in total. The summed E-state index contributed by atoms with van der Waals surface area (Å²) in [6.45, 7) is 0. The highest BCUT2D eigenvalue weighted by Gasteiger charge is 2.51. The Labute approximate surface area is 139 Å². The first kappa shape index (κ1) is 14.3. The number of nitrogens with two attached hydrogens (primary N) is 2. The normalized spacial score (nSPS) is 15.1. The number of aromatic nitrogens is 2. The third kappa shape index (κ3) is 1.76. The van der Waals surface area contributed by atoms with Crippen LogP contribution in [0.2, 0.25) is 0 Å². The number of aryl methyl sites for hydroxylation is 1. The SMILES string of the molecule is Cn1ncc2c1NC(=O)C2(c1ccc(N)cc1)c1ccc(N)cc1. The Hall–Kier alpha value is -3.28. The summed E-state index contributed by atoms with van der Waals surface area (Å²) in [7, 11) is 1.81. The molecule has 0 spiro atoms. The number of carbonyl (C=O) groups is 1. The van der Waals surface area contributed by atoms with Crippen molar-refractivity contribution in [2.75, 3.05) is 16.8 Å².